The van der Waals surface area contributed by atoms with E-state index in [1.807, 2.05) is 0 Å². The number of hydrogen-bond acceptors (Lipinski definition) is 7. The van der Waals surface area contributed by atoms with Crippen LogP contribution >= 0.6 is 0 Å². The zero-order chi connectivity index (χ0) is 19.5. The van der Waals surface area contributed by atoms with Crippen LogP contribution in [0.4, 0.5) is 11.4 Å². The first-order valence-electron chi connectivity index (χ1n) is 7.24. The molecule has 0 saturated carbocycles. The first kappa shape index (κ1) is 19.2. The third-order valence-corrected chi connectivity index (χ3v) is 5.04. The van der Waals surface area contributed by atoms with Crippen molar-refractivity contribution in [3.8, 4) is 5.75 Å². The predicted octanol–water partition coefficient (Wildman–Crippen LogP) is 2.50. The highest BCUT2D eigenvalue weighted by Gasteiger charge is 2.22. The molecule has 0 amide bonds. The number of nitro benzene ring substituents is 1. The molecule has 0 aliphatic heterocycles. The van der Waals surface area contributed by atoms with Crippen molar-refractivity contribution in [2.24, 2.45) is 0 Å². The molecule has 0 atom stereocenters. The van der Waals surface area contributed by atoms with Crippen molar-refractivity contribution in [1.29, 1.82) is 0 Å². The number of anilines is 1. The Morgan fingerprint density at radius 2 is 1.85 bits per heavy atom. The van der Waals surface area contributed by atoms with Crippen LogP contribution in [0, 0.1) is 17.0 Å². The quantitative estimate of drug-likeness (QED) is 0.464. The van der Waals surface area contributed by atoms with E-state index in [2.05, 4.69) is 9.46 Å². The number of rotatable bonds is 6. The van der Waals surface area contributed by atoms with Gasteiger partial charge in [-0.15, -0.1) is 0 Å². The number of esters is 1. The van der Waals surface area contributed by atoms with Gasteiger partial charge in [-0.2, -0.15) is 0 Å². The first-order chi connectivity index (χ1) is 12.2. The van der Waals surface area contributed by atoms with Crippen molar-refractivity contribution in [1.82, 2.24) is 0 Å². The second kappa shape index (κ2) is 7.40. The van der Waals surface area contributed by atoms with Crippen molar-refractivity contribution in [3.05, 3.63) is 57.6 Å². The van der Waals surface area contributed by atoms with Crippen molar-refractivity contribution in [2.75, 3.05) is 18.9 Å². The van der Waals surface area contributed by atoms with Crippen molar-refractivity contribution >= 4 is 27.4 Å². The maximum absolute atomic E-state index is 12.7. The molecular weight excluding hydrogens is 364 g/mol. The van der Waals surface area contributed by atoms with Crippen LogP contribution in [0.25, 0.3) is 0 Å². The van der Waals surface area contributed by atoms with Crippen LogP contribution in [0.15, 0.2) is 41.3 Å². The number of nitro groups is 1. The molecule has 138 valence electrons. The highest BCUT2D eigenvalue weighted by atomic mass is 32.2. The topological polar surface area (TPSA) is 125 Å². The zero-order valence-corrected chi connectivity index (χ0v) is 15.0. The number of methoxy groups -OCH3 is 2. The minimum absolute atomic E-state index is 0.00121. The van der Waals surface area contributed by atoms with E-state index in [0.717, 1.165) is 6.07 Å². The molecule has 9 nitrogen and oxygen atoms in total. The molecule has 0 unspecified atom stereocenters. The second-order valence-electron chi connectivity index (χ2n) is 5.22. The van der Waals surface area contributed by atoms with Gasteiger partial charge < -0.3 is 9.47 Å². The molecule has 2 rings (SSSR count). The molecule has 0 heterocycles. The number of carbonyl (C=O) groups is 1. The SMILES string of the molecule is COC(=O)c1ccc(OC)c(NS(=O)(=O)c2cc([N+](=O)[O-])ccc2C)c1. The van der Waals surface area contributed by atoms with Gasteiger partial charge in [-0.05, 0) is 30.7 Å². The van der Waals surface area contributed by atoms with Crippen LogP contribution in [0.5, 0.6) is 5.75 Å². The summed E-state index contributed by atoms with van der Waals surface area (Å²) in [7, 11) is -1.63. The minimum atomic E-state index is -4.17. The third-order valence-electron chi connectivity index (χ3n) is 3.54. The van der Waals surface area contributed by atoms with Crippen molar-refractivity contribution in [2.45, 2.75) is 11.8 Å². The molecule has 0 aliphatic carbocycles. The lowest BCUT2D eigenvalue weighted by atomic mass is 10.2. The molecule has 0 spiro atoms. The lowest BCUT2D eigenvalue weighted by molar-refractivity contribution is -0.385. The largest absolute Gasteiger partial charge is 0.495 e. The highest BCUT2D eigenvalue weighted by molar-refractivity contribution is 7.92. The number of nitrogens with one attached hydrogen (secondary N) is 1. The summed E-state index contributed by atoms with van der Waals surface area (Å²) >= 11 is 0. The van der Waals surface area contributed by atoms with E-state index in [0.29, 0.717) is 5.56 Å². The Morgan fingerprint density at radius 1 is 1.15 bits per heavy atom. The van der Waals surface area contributed by atoms with E-state index < -0.39 is 20.9 Å². The summed E-state index contributed by atoms with van der Waals surface area (Å²) in [5.74, 6) is -0.482. The summed E-state index contributed by atoms with van der Waals surface area (Å²) < 4.78 is 37.4. The van der Waals surface area contributed by atoms with Crippen molar-refractivity contribution < 1.29 is 27.6 Å². The van der Waals surface area contributed by atoms with Crippen LogP contribution in [-0.2, 0) is 14.8 Å². The number of aryl methyl sites for hydroxylation is 1. The number of nitrogens with zero attached hydrogens (tertiary/aromatic N) is 1. The van der Waals surface area contributed by atoms with Crippen LogP contribution in [0.1, 0.15) is 15.9 Å². The van der Waals surface area contributed by atoms with Gasteiger partial charge in [0.2, 0.25) is 0 Å². The summed E-state index contributed by atoms with van der Waals surface area (Å²) in [6, 6.07) is 7.61. The molecule has 0 bridgehead atoms. The first-order valence-corrected chi connectivity index (χ1v) is 8.72. The Bertz CT molecular complexity index is 971. The van der Waals surface area contributed by atoms with E-state index in [4.69, 9.17) is 4.74 Å². The number of carbonyl (C=O) groups excluding carboxylic acids is 1. The van der Waals surface area contributed by atoms with Gasteiger partial charge in [-0.25, -0.2) is 13.2 Å². The Hall–Kier alpha value is -3.14. The summed E-state index contributed by atoms with van der Waals surface area (Å²) in [6.45, 7) is 1.51. The Labute approximate surface area is 149 Å². The number of ether oxygens (including phenoxy) is 2. The predicted molar refractivity (Wildman–Crippen MR) is 93.0 cm³/mol. The average molecular weight is 380 g/mol. The minimum Gasteiger partial charge on any atom is -0.495 e. The van der Waals surface area contributed by atoms with Gasteiger partial charge in [0.1, 0.15) is 5.75 Å². The molecule has 0 radical (unpaired) electrons. The Balaban J connectivity index is 2.51. The fraction of sp³-hybridized carbons (Fsp3) is 0.188. The summed E-state index contributed by atoms with van der Waals surface area (Å²) in [5.41, 5.74) is 0.0838. The lowest BCUT2D eigenvalue weighted by Gasteiger charge is -2.14. The fourth-order valence-corrected chi connectivity index (χ4v) is 3.55. The molecule has 0 aliphatic rings. The molecule has 2 aromatic carbocycles. The van der Waals surface area contributed by atoms with Gasteiger partial charge in [0, 0.05) is 12.1 Å². The molecule has 10 heteroatoms. The van der Waals surface area contributed by atoms with E-state index in [1.165, 1.54) is 51.5 Å². The zero-order valence-electron chi connectivity index (χ0n) is 14.2. The molecule has 1 N–H and O–H groups in total. The van der Waals surface area contributed by atoms with Crippen molar-refractivity contribution in [3.63, 3.8) is 0 Å². The average Bonchev–Trinajstić information content (AvgIpc) is 2.60. The van der Waals surface area contributed by atoms with Crippen LogP contribution < -0.4 is 9.46 Å². The van der Waals surface area contributed by atoms with E-state index in [9.17, 15) is 23.3 Å². The Kier molecular flexibility index (Phi) is 5.46. The molecule has 26 heavy (non-hydrogen) atoms. The maximum atomic E-state index is 12.7. The number of hydrogen-bond donors (Lipinski definition) is 1. The van der Waals surface area contributed by atoms with Gasteiger partial charge in [0.05, 0.1) is 35.3 Å². The van der Waals surface area contributed by atoms with Gasteiger partial charge in [-0.3, -0.25) is 14.8 Å². The Morgan fingerprint density at radius 3 is 2.42 bits per heavy atom. The number of sulfonamides is 1. The summed E-state index contributed by atoms with van der Waals surface area (Å²) in [5, 5.41) is 10.9. The van der Waals surface area contributed by atoms with Gasteiger partial charge >= 0.3 is 5.97 Å². The summed E-state index contributed by atoms with van der Waals surface area (Å²) in [4.78, 5) is 21.6. The third kappa shape index (κ3) is 3.91. The van der Waals surface area contributed by atoms with Crippen LogP contribution in [0.3, 0.4) is 0 Å². The standard InChI is InChI=1S/C16H16N2O7S/c1-10-4-6-12(18(20)21)9-15(10)26(22,23)17-13-8-11(16(19)25-3)5-7-14(13)24-2/h4-9,17H,1-3H3. The maximum Gasteiger partial charge on any atom is 0.337 e. The number of non-ortho nitro benzene ring substituents is 1. The van der Waals surface area contributed by atoms with Gasteiger partial charge in [0.25, 0.3) is 15.7 Å². The van der Waals surface area contributed by atoms with E-state index in [-0.39, 0.29) is 27.6 Å². The van der Waals surface area contributed by atoms with Crippen LogP contribution in [-0.4, -0.2) is 33.5 Å². The number of benzene rings is 2. The fourth-order valence-electron chi connectivity index (χ4n) is 2.22. The molecule has 0 aromatic heterocycles. The normalized spacial score (nSPS) is 10.9. The molecule has 0 fully saturated rings. The van der Waals surface area contributed by atoms with E-state index >= 15 is 0 Å². The van der Waals surface area contributed by atoms with Gasteiger partial charge in [-0.1, -0.05) is 6.07 Å². The highest BCUT2D eigenvalue weighted by Crippen LogP contribution is 2.30. The van der Waals surface area contributed by atoms with Gasteiger partial charge in [0.15, 0.2) is 0 Å². The second-order valence-corrected chi connectivity index (χ2v) is 6.87. The lowest BCUT2D eigenvalue weighted by Crippen LogP contribution is -2.16. The smallest absolute Gasteiger partial charge is 0.337 e. The molecule has 2 aromatic rings. The molecule has 0 saturated heterocycles. The van der Waals surface area contributed by atoms with E-state index in [1.54, 1.807) is 0 Å². The summed E-state index contributed by atoms with van der Waals surface area (Å²) in [6.07, 6.45) is 0. The molecular formula is C16H16N2O7S. The monoisotopic (exact) mass is 380 g/mol. The van der Waals surface area contributed by atoms with Crippen LogP contribution in [0.2, 0.25) is 0 Å².